The van der Waals surface area contributed by atoms with Gasteiger partial charge >= 0.3 is 0 Å². The summed E-state index contributed by atoms with van der Waals surface area (Å²) in [6, 6.07) is 4.55. The molecule has 0 saturated heterocycles. The van der Waals surface area contributed by atoms with Crippen LogP contribution in [0.3, 0.4) is 0 Å². The van der Waals surface area contributed by atoms with Gasteiger partial charge < -0.3 is 0 Å². The van der Waals surface area contributed by atoms with Crippen LogP contribution in [0.1, 0.15) is 16.1 Å². The Bertz CT molecular complexity index is 546. The van der Waals surface area contributed by atoms with Gasteiger partial charge in [0.2, 0.25) is 0 Å². The zero-order valence-electron chi connectivity index (χ0n) is 9.07. The van der Waals surface area contributed by atoms with E-state index in [1.807, 2.05) is 20.2 Å². The van der Waals surface area contributed by atoms with Gasteiger partial charge in [-0.1, -0.05) is 6.07 Å². The van der Waals surface area contributed by atoms with Gasteiger partial charge in [0.15, 0.2) is 6.29 Å². The molecule has 0 saturated carbocycles. The highest BCUT2D eigenvalue weighted by Gasteiger charge is 2.08. The summed E-state index contributed by atoms with van der Waals surface area (Å²) in [6.45, 7) is 1.86. The lowest BCUT2D eigenvalue weighted by Crippen LogP contribution is -1.88. The van der Waals surface area contributed by atoms with Crippen molar-refractivity contribution in [2.24, 2.45) is 7.05 Å². The number of aldehydes is 1. The first-order chi connectivity index (χ1) is 7.61. The van der Waals surface area contributed by atoms with E-state index in [9.17, 15) is 9.18 Å². The van der Waals surface area contributed by atoms with Crippen LogP contribution >= 0.6 is 0 Å². The second kappa shape index (κ2) is 3.89. The van der Waals surface area contributed by atoms with E-state index in [4.69, 9.17) is 0 Å². The van der Waals surface area contributed by atoms with E-state index in [2.05, 4.69) is 5.10 Å². The number of halogens is 1. The van der Waals surface area contributed by atoms with Crippen molar-refractivity contribution < 1.29 is 9.18 Å². The summed E-state index contributed by atoms with van der Waals surface area (Å²) in [6.07, 6.45) is 2.33. The van der Waals surface area contributed by atoms with E-state index in [0.717, 1.165) is 16.8 Å². The number of benzene rings is 1. The first-order valence-electron chi connectivity index (χ1n) is 4.87. The maximum atomic E-state index is 13.4. The van der Waals surface area contributed by atoms with Gasteiger partial charge in [0.05, 0.1) is 11.3 Å². The zero-order valence-corrected chi connectivity index (χ0v) is 9.07. The van der Waals surface area contributed by atoms with Crippen molar-refractivity contribution >= 4 is 6.29 Å². The number of hydrogen-bond donors (Lipinski definition) is 0. The topological polar surface area (TPSA) is 34.9 Å². The highest BCUT2D eigenvalue weighted by molar-refractivity contribution is 5.77. The van der Waals surface area contributed by atoms with E-state index in [-0.39, 0.29) is 5.56 Å². The van der Waals surface area contributed by atoms with Gasteiger partial charge in [0, 0.05) is 18.8 Å². The van der Waals surface area contributed by atoms with Crippen LogP contribution in [0.15, 0.2) is 24.4 Å². The Morgan fingerprint density at radius 1 is 1.44 bits per heavy atom. The van der Waals surface area contributed by atoms with Crippen molar-refractivity contribution in [3.63, 3.8) is 0 Å². The first kappa shape index (κ1) is 10.5. The normalized spacial score (nSPS) is 10.4. The molecule has 0 bridgehead atoms. The number of aromatic nitrogens is 2. The third kappa shape index (κ3) is 1.74. The predicted octanol–water partition coefficient (Wildman–Crippen LogP) is 2.35. The Labute approximate surface area is 92.5 Å². The average molecular weight is 218 g/mol. The largest absolute Gasteiger partial charge is 0.298 e. The fraction of sp³-hybridized carbons (Fsp3) is 0.167. The molecule has 0 atom stereocenters. The molecule has 2 rings (SSSR count). The maximum Gasteiger partial charge on any atom is 0.152 e. The van der Waals surface area contributed by atoms with Crippen LogP contribution in [0.25, 0.3) is 11.1 Å². The molecule has 1 heterocycles. The minimum atomic E-state index is -0.504. The summed E-state index contributed by atoms with van der Waals surface area (Å²) in [7, 11) is 1.81. The number of carbonyl (C=O) groups excluding carboxylic acids is 1. The minimum Gasteiger partial charge on any atom is -0.298 e. The summed E-state index contributed by atoms with van der Waals surface area (Å²) < 4.78 is 15.1. The summed E-state index contributed by atoms with van der Waals surface area (Å²) in [5, 5.41) is 4.18. The molecule has 0 unspecified atom stereocenters. The Hall–Kier alpha value is -1.97. The van der Waals surface area contributed by atoms with E-state index in [1.54, 1.807) is 10.7 Å². The molecule has 4 heteroatoms. The summed E-state index contributed by atoms with van der Waals surface area (Å²) >= 11 is 0. The molecule has 16 heavy (non-hydrogen) atoms. The van der Waals surface area contributed by atoms with Crippen LogP contribution in [0.5, 0.6) is 0 Å². The third-order valence-electron chi connectivity index (χ3n) is 2.45. The van der Waals surface area contributed by atoms with Crippen LogP contribution in [0.2, 0.25) is 0 Å². The summed E-state index contributed by atoms with van der Waals surface area (Å²) in [5.41, 5.74) is 2.51. The number of nitrogens with zero attached hydrogens (tertiary/aromatic N) is 2. The molecule has 0 spiro atoms. The molecule has 0 amide bonds. The SMILES string of the molecule is Cc1nn(C)cc1-c1ccc(C=O)c(F)c1. The number of carbonyl (C=O) groups is 1. The van der Waals surface area contributed by atoms with Crippen molar-refractivity contribution in [3.05, 3.63) is 41.5 Å². The molecule has 1 aromatic carbocycles. The third-order valence-corrected chi connectivity index (χ3v) is 2.45. The number of rotatable bonds is 2. The van der Waals surface area contributed by atoms with Crippen molar-refractivity contribution in [2.45, 2.75) is 6.92 Å². The molecule has 0 aliphatic carbocycles. The highest BCUT2D eigenvalue weighted by atomic mass is 19.1. The number of hydrogen-bond acceptors (Lipinski definition) is 2. The predicted molar refractivity (Wildman–Crippen MR) is 58.7 cm³/mol. The number of aryl methyl sites for hydroxylation is 2. The molecule has 0 aliphatic rings. The molecular weight excluding hydrogens is 207 g/mol. The Kier molecular flexibility index (Phi) is 2.56. The summed E-state index contributed by atoms with van der Waals surface area (Å²) in [5.74, 6) is -0.504. The van der Waals surface area contributed by atoms with Gasteiger partial charge in [-0.3, -0.25) is 9.48 Å². The van der Waals surface area contributed by atoms with E-state index in [1.165, 1.54) is 12.1 Å². The zero-order chi connectivity index (χ0) is 11.7. The van der Waals surface area contributed by atoms with Crippen LogP contribution < -0.4 is 0 Å². The van der Waals surface area contributed by atoms with Crippen LogP contribution in [0.4, 0.5) is 4.39 Å². The van der Waals surface area contributed by atoms with E-state index >= 15 is 0 Å². The van der Waals surface area contributed by atoms with Crippen molar-refractivity contribution in [1.29, 1.82) is 0 Å². The molecule has 82 valence electrons. The van der Waals surface area contributed by atoms with E-state index < -0.39 is 5.82 Å². The second-order valence-electron chi connectivity index (χ2n) is 3.66. The monoisotopic (exact) mass is 218 g/mol. The molecule has 2 aromatic rings. The Balaban J connectivity index is 2.53. The summed E-state index contributed by atoms with van der Waals surface area (Å²) in [4.78, 5) is 10.5. The van der Waals surface area contributed by atoms with Crippen LogP contribution in [-0.2, 0) is 7.05 Å². The second-order valence-corrected chi connectivity index (χ2v) is 3.66. The van der Waals surface area contributed by atoms with E-state index in [0.29, 0.717) is 6.29 Å². The molecule has 0 N–H and O–H groups in total. The molecule has 1 aromatic heterocycles. The maximum absolute atomic E-state index is 13.4. The molecule has 0 radical (unpaired) electrons. The lowest BCUT2D eigenvalue weighted by Gasteiger charge is -2.00. The van der Waals surface area contributed by atoms with Crippen molar-refractivity contribution in [3.8, 4) is 11.1 Å². The van der Waals surface area contributed by atoms with Gasteiger partial charge in [0.25, 0.3) is 0 Å². The van der Waals surface area contributed by atoms with Crippen molar-refractivity contribution in [2.75, 3.05) is 0 Å². The van der Waals surface area contributed by atoms with Crippen molar-refractivity contribution in [1.82, 2.24) is 9.78 Å². The quantitative estimate of drug-likeness (QED) is 0.725. The van der Waals surface area contributed by atoms with Gasteiger partial charge in [0.1, 0.15) is 5.82 Å². The first-order valence-corrected chi connectivity index (χ1v) is 4.87. The lowest BCUT2D eigenvalue weighted by molar-refractivity contribution is 0.112. The molecular formula is C12H11FN2O. The highest BCUT2D eigenvalue weighted by Crippen LogP contribution is 2.23. The van der Waals surface area contributed by atoms with Gasteiger partial charge in [-0.05, 0) is 24.6 Å². The average Bonchev–Trinajstić information content (AvgIpc) is 2.58. The minimum absolute atomic E-state index is 0.0743. The fourth-order valence-electron chi connectivity index (χ4n) is 1.67. The van der Waals surface area contributed by atoms with Gasteiger partial charge in [-0.2, -0.15) is 5.10 Å². The Morgan fingerprint density at radius 3 is 2.69 bits per heavy atom. The molecule has 0 aliphatic heterocycles. The molecule has 0 fully saturated rings. The fourth-order valence-corrected chi connectivity index (χ4v) is 1.67. The molecule has 3 nitrogen and oxygen atoms in total. The van der Waals surface area contributed by atoms with Gasteiger partial charge in [-0.15, -0.1) is 0 Å². The van der Waals surface area contributed by atoms with Gasteiger partial charge in [-0.25, -0.2) is 4.39 Å². The smallest absolute Gasteiger partial charge is 0.152 e. The standard InChI is InChI=1S/C12H11FN2O/c1-8-11(6-15(2)14-8)9-3-4-10(7-16)12(13)5-9/h3-7H,1-2H3. The Morgan fingerprint density at radius 2 is 2.19 bits per heavy atom. The lowest BCUT2D eigenvalue weighted by atomic mass is 10.0. The van der Waals surface area contributed by atoms with Crippen LogP contribution in [0, 0.1) is 12.7 Å². The van der Waals surface area contributed by atoms with Crippen LogP contribution in [-0.4, -0.2) is 16.1 Å².